The molecule has 4 aromatic rings. The van der Waals surface area contributed by atoms with Crippen molar-refractivity contribution in [3.63, 3.8) is 0 Å². The summed E-state index contributed by atoms with van der Waals surface area (Å²) in [4.78, 5) is 25.3. The Kier molecular flexibility index (Phi) is 9.73. The van der Waals surface area contributed by atoms with E-state index in [-0.39, 0.29) is 12.3 Å². The highest BCUT2D eigenvalue weighted by molar-refractivity contribution is 5.96. The molecular weight excluding hydrogens is 490 g/mol. The molecule has 0 aliphatic heterocycles. The molecule has 0 bridgehead atoms. The molecule has 1 unspecified atom stereocenters. The average molecular weight is 524 g/mol. The van der Waals surface area contributed by atoms with Crippen molar-refractivity contribution in [1.29, 1.82) is 0 Å². The fourth-order valence-electron chi connectivity index (χ4n) is 4.15. The first kappa shape index (κ1) is 27.5. The highest BCUT2D eigenvalue weighted by atomic mass is 16.5. The third kappa shape index (κ3) is 8.20. The zero-order valence-corrected chi connectivity index (χ0v) is 22.3. The second-order valence-electron chi connectivity index (χ2n) is 9.22. The van der Waals surface area contributed by atoms with Crippen LogP contribution in [0.2, 0.25) is 0 Å². The van der Waals surface area contributed by atoms with Crippen LogP contribution >= 0.6 is 0 Å². The van der Waals surface area contributed by atoms with Crippen LogP contribution in [0.1, 0.15) is 32.6 Å². The van der Waals surface area contributed by atoms with Crippen LogP contribution in [0.25, 0.3) is 0 Å². The Morgan fingerprint density at radius 3 is 2.08 bits per heavy atom. The number of aryl methyl sites for hydroxylation is 1. The summed E-state index contributed by atoms with van der Waals surface area (Å²) in [5.74, 6) is 0.533. The molecule has 0 fully saturated rings. The van der Waals surface area contributed by atoms with Crippen LogP contribution < -0.4 is 14.8 Å². The molecule has 0 heterocycles. The SMILES string of the molecule is COC(=O)C(Cc1ccc(OCc2ccccc2)cc1)NC(=O)c1ccc(OCCc2ccccc2C)cc1. The van der Waals surface area contributed by atoms with Gasteiger partial charge in [0, 0.05) is 18.4 Å². The topological polar surface area (TPSA) is 73.9 Å². The lowest BCUT2D eigenvalue weighted by atomic mass is 10.0. The standard InChI is InChI=1S/C33H33NO5/c1-24-8-6-7-11-27(24)20-21-38-29-18-14-28(15-19-29)32(35)34-31(33(36)37-2)22-25-12-16-30(17-13-25)39-23-26-9-4-3-5-10-26/h3-19,31H,20-23H2,1-2H3,(H,34,35). The van der Waals surface area contributed by atoms with E-state index in [0.717, 1.165) is 23.3 Å². The summed E-state index contributed by atoms with van der Waals surface area (Å²) in [5.41, 5.74) is 4.87. The van der Waals surface area contributed by atoms with Crippen LogP contribution in [0.5, 0.6) is 11.5 Å². The maximum absolute atomic E-state index is 12.9. The maximum Gasteiger partial charge on any atom is 0.328 e. The molecule has 0 aromatic heterocycles. The Balaban J connectivity index is 1.30. The molecule has 0 spiro atoms. The van der Waals surface area contributed by atoms with Crippen molar-refractivity contribution in [2.75, 3.05) is 13.7 Å². The van der Waals surface area contributed by atoms with Gasteiger partial charge in [0.15, 0.2) is 0 Å². The van der Waals surface area contributed by atoms with Crippen molar-refractivity contribution < 1.29 is 23.8 Å². The first-order chi connectivity index (χ1) is 19.0. The average Bonchev–Trinajstić information content (AvgIpc) is 2.98. The monoisotopic (exact) mass is 523 g/mol. The Morgan fingerprint density at radius 2 is 1.38 bits per heavy atom. The van der Waals surface area contributed by atoms with E-state index in [0.29, 0.717) is 24.5 Å². The molecule has 0 saturated carbocycles. The van der Waals surface area contributed by atoms with Crippen molar-refractivity contribution in [2.45, 2.75) is 32.4 Å². The predicted octanol–water partition coefficient (Wildman–Crippen LogP) is 5.71. The van der Waals surface area contributed by atoms with Crippen molar-refractivity contribution >= 4 is 11.9 Å². The van der Waals surface area contributed by atoms with E-state index in [2.05, 4.69) is 24.4 Å². The van der Waals surface area contributed by atoms with E-state index in [1.165, 1.54) is 18.2 Å². The highest BCUT2D eigenvalue weighted by Gasteiger charge is 2.23. The van der Waals surface area contributed by atoms with Crippen molar-refractivity contribution in [3.8, 4) is 11.5 Å². The summed E-state index contributed by atoms with van der Waals surface area (Å²) >= 11 is 0. The molecule has 0 saturated heterocycles. The first-order valence-electron chi connectivity index (χ1n) is 12.9. The van der Waals surface area contributed by atoms with Crippen LogP contribution in [0, 0.1) is 6.92 Å². The van der Waals surface area contributed by atoms with Crippen molar-refractivity contribution in [3.05, 3.63) is 131 Å². The van der Waals surface area contributed by atoms with E-state index >= 15 is 0 Å². The molecule has 0 aliphatic rings. The molecule has 4 aromatic carbocycles. The van der Waals surface area contributed by atoms with E-state index in [1.54, 1.807) is 24.3 Å². The lowest BCUT2D eigenvalue weighted by molar-refractivity contribution is -0.142. The summed E-state index contributed by atoms with van der Waals surface area (Å²) in [7, 11) is 1.31. The number of amides is 1. The fourth-order valence-corrected chi connectivity index (χ4v) is 4.15. The zero-order chi connectivity index (χ0) is 27.5. The summed E-state index contributed by atoms with van der Waals surface area (Å²) in [6.45, 7) is 3.09. The number of benzene rings is 4. The quantitative estimate of drug-likeness (QED) is 0.241. The molecule has 4 rings (SSSR count). The first-order valence-corrected chi connectivity index (χ1v) is 12.9. The summed E-state index contributed by atoms with van der Waals surface area (Å²) in [6, 6.07) is 31.7. The molecule has 0 aliphatic carbocycles. The Morgan fingerprint density at radius 1 is 0.744 bits per heavy atom. The van der Waals surface area contributed by atoms with Crippen LogP contribution in [0.4, 0.5) is 0 Å². The Labute approximate surface area is 229 Å². The molecule has 39 heavy (non-hydrogen) atoms. The number of esters is 1. The Bertz CT molecular complexity index is 1350. The Hall–Kier alpha value is -4.58. The van der Waals surface area contributed by atoms with Gasteiger partial charge < -0.3 is 19.5 Å². The van der Waals surface area contributed by atoms with Gasteiger partial charge in [0.25, 0.3) is 5.91 Å². The minimum Gasteiger partial charge on any atom is -0.493 e. The number of hydrogen-bond donors (Lipinski definition) is 1. The molecular formula is C33H33NO5. The lowest BCUT2D eigenvalue weighted by Crippen LogP contribution is -2.43. The molecule has 6 nitrogen and oxygen atoms in total. The van der Waals surface area contributed by atoms with Gasteiger partial charge in [0.2, 0.25) is 0 Å². The van der Waals surface area contributed by atoms with Crippen molar-refractivity contribution in [1.82, 2.24) is 5.32 Å². The molecule has 200 valence electrons. The van der Waals surface area contributed by atoms with Gasteiger partial charge in [0.1, 0.15) is 24.1 Å². The number of ether oxygens (including phenoxy) is 3. The number of hydrogen-bond acceptors (Lipinski definition) is 5. The summed E-state index contributed by atoms with van der Waals surface area (Å²) in [5, 5.41) is 2.80. The van der Waals surface area contributed by atoms with Gasteiger partial charge in [-0.15, -0.1) is 0 Å². The highest BCUT2D eigenvalue weighted by Crippen LogP contribution is 2.17. The van der Waals surface area contributed by atoms with E-state index < -0.39 is 12.0 Å². The van der Waals surface area contributed by atoms with Gasteiger partial charge in [-0.1, -0.05) is 66.7 Å². The smallest absolute Gasteiger partial charge is 0.328 e. The number of nitrogens with one attached hydrogen (secondary N) is 1. The maximum atomic E-state index is 12.9. The molecule has 1 atom stereocenters. The fraction of sp³-hybridized carbons (Fsp3) is 0.212. The second-order valence-corrected chi connectivity index (χ2v) is 9.22. The lowest BCUT2D eigenvalue weighted by Gasteiger charge is -2.17. The number of carbonyl (C=O) groups is 2. The minimum absolute atomic E-state index is 0.289. The van der Waals surface area contributed by atoms with Gasteiger partial charge in [-0.2, -0.15) is 0 Å². The second kappa shape index (κ2) is 13.8. The molecule has 0 radical (unpaired) electrons. The largest absolute Gasteiger partial charge is 0.493 e. The third-order valence-corrected chi connectivity index (χ3v) is 6.42. The number of methoxy groups -OCH3 is 1. The molecule has 1 amide bonds. The predicted molar refractivity (Wildman–Crippen MR) is 151 cm³/mol. The minimum atomic E-state index is -0.830. The van der Waals surface area contributed by atoms with Crippen LogP contribution in [0.3, 0.4) is 0 Å². The van der Waals surface area contributed by atoms with E-state index in [9.17, 15) is 9.59 Å². The zero-order valence-electron chi connectivity index (χ0n) is 22.3. The van der Waals surface area contributed by atoms with E-state index in [4.69, 9.17) is 14.2 Å². The van der Waals surface area contributed by atoms with Gasteiger partial charge in [-0.3, -0.25) is 4.79 Å². The van der Waals surface area contributed by atoms with Crippen LogP contribution in [0.15, 0.2) is 103 Å². The molecule has 1 N–H and O–H groups in total. The van der Waals surface area contributed by atoms with Gasteiger partial charge in [-0.25, -0.2) is 4.79 Å². The van der Waals surface area contributed by atoms with Crippen LogP contribution in [-0.2, 0) is 29.0 Å². The van der Waals surface area contributed by atoms with Gasteiger partial charge in [0.05, 0.1) is 13.7 Å². The summed E-state index contributed by atoms with van der Waals surface area (Å²) in [6.07, 6.45) is 1.09. The van der Waals surface area contributed by atoms with Crippen molar-refractivity contribution in [2.24, 2.45) is 0 Å². The molecule has 6 heteroatoms. The number of rotatable bonds is 12. The van der Waals surface area contributed by atoms with Crippen LogP contribution in [-0.4, -0.2) is 31.6 Å². The third-order valence-electron chi connectivity index (χ3n) is 6.42. The number of carbonyl (C=O) groups excluding carboxylic acids is 2. The normalized spacial score (nSPS) is 11.3. The van der Waals surface area contributed by atoms with Gasteiger partial charge in [-0.05, 0) is 65.6 Å². The van der Waals surface area contributed by atoms with E-state index in [1.807, 2.05) is 66.7 Å². The van der Waals surface area contributed by atoms with Gasteiger partial charge >= 0.3 is 5.97 Å². The summed E-state index contributed by atoms with van der Waals surface area (Å²) < 4.78 is 16.6.